The molecule has 8 nitrogen and oxygen atoms in total. The number of urea groups is 1. The topological polar surface area (TPSA) is 85.0 Å². The number of hydrogen-bond donors (Lipinski definition) is 2. The van der Waals surface area contributed by atoms with E-state index >= 15 is 0 Å². The van der Waals surface area contributed by atoms with Crippen LogP contribution in [0.1, 0.15) is 12.8 Å². The predicted molar refractivity (Wildman–Crippen MR) is 102 cm³/mol. The summed E-state index contributed by atoms with van der Waals surface area (Å²) >= 11 is 0. The van der Waals surface area contributed by atoms with Crippen molar-refractivity contribution in [1.29, 1.82) is 0 Å². The lowest BCUT2D eigenvalue weighted by Crippen LogP contribution is -2.56. The molecule has 0 bridgehead atoms. The van der Waals surface area contributed by atoms with Crippen LogP contribution in [0.5, 0.6) is 0 Å². The van der Waals surface area contributed by atoms with Gasteiger partial charge in [0.15, 0.2) is 0 Å². The summed E-state index contributed by atoms with van der Waals surface area (Å²) in [6.45, 7) is 3.51. The summed E-state index contributed by atoms with van der Waals surface area (Å²) in [5, 5.41) is 5.64. The molecule has 1 atom stereocenters. The van der Waals surface area contributed by atoms with Crippen LogP contribution in [0.3, 0.4) is 0 Å². The van der Waals surface area contributed by atoms with Crippen molar-refractivity contribution < 1.29 is 14.4 Å². The molecule has 0 spiro atoms. The molecule has 8 heteroatoms. The van der Waals surface area contributed by atoms with Gasteiger partial charge in [0.2, 0.25) is 11.8 Å². The van der Waals surface area contributed by atoms with Crippen molar-refractivity contribution in [2.75, 3.05) is 51.2 Å². The summed E-state index contributed by atoms with van der Waals surface area (Å²) in [4.78, 5) is 42.0. The van der Waals surface area contributed by atoms with Gasteiger partial charge in [-0.05, 0) is 25.0 Å². The highest BCUT2D eigenvalue weighted by atomic mass is 16.2. The second-order valence-corrected chi connectivity index (χ2v) is 6.95. The van der Waals surface area contributed by atoms with Crippen molar-refractivity contribution in [2.45, 2.75) is 18.9 Å². The van der Waals surface area contributed by atoms with Crippen LogP contribution in [0.2, 0.25) is 0 Å². The lowest BCUT2D eigenvalue weighted by molar-refractivity contribution is -0.124. The van der Waals surface area contributed by atoms with Crippen LogP contribution in [0.4, 0.5) is 10.5 Å². The fourth-order valence-electron chi connectivity index (χ4n) is 3.55. The molecule has 2 aliphatic heterocycles. The Morgan fingerprint density at radius 1 is 1.26 bits per heavy atom. The molecule has 1 unspecified atom stereocenters. The lowest BCUT2D eigenvalue weighted by atomic mass is 10.0. The van der Waals surface area contributed by atoms with Crippen molar-refractivity contribution in [3.05, 3.63) is 30.3 Å². The SMILES string of the molecule is CN(C(=O)NCCN1CCNC(=O)C1)C1CCCN(c2ccccc2)C1=O. The number of hydrogen-bond acceptors (Lipinski definition) is 4. The Labute approximate surface area is 159 Å². The van der Waals surface area contributed by atoms with Crippen molar-refractivity contribution in [2.24, 2.45) is 0 Å². The maximum Gasteiger partial charge on any atom is 0.317 e. The van der Waals surface area contributed by atoms with Crippen LogP contribution in [0.25, 0.3) is 0 Å². The highest BCUT2D eigenvalue weighted by molar-refractivity contribution is 5.99. The summed E-state index contributed by atoms with van der Waals surface area (Å²) in [7, 11) is 1.67. The highest BCUT2D eigenvalue weighted by Gasteiger charge is 2.34. The van der Waals surface area contributed by atoms with Crippen LogP contribution in [0.15, 0.2) is 30.3 Å². The molecule has 0 saturated carbocycles. The normalized spacial score (nSPS) is 20.9. The molecule has 3 rings (SSSR count). The van der Waals surface area contributed by atoms with E-state index < -0.39 is 6.04 Å². The first kappa shape index (κ1) is 19.2. The predicted octanol–water partition coefficient (Wildman–Crippen LogP) is 0.255. The molecule has 2 N–H and O–H groups in total. The number of anilines is 1. The van der Waals surface area contributed by atoms with Gasteiger partial charge in [0.25, 0.3) is 0 Å². The van der Waals surface area contributed by atoms with Crippen LogP contribution in [0, 0.1) is 0 Å². The van der Waals surface area contributed by atoms with Crippen molar-refractivity contribution in [3.63, 3.8) is 0 Å². The Bertz CT molecular complexity index is 681. The van der Waals surface area contributed by atoms with Gasteiger partial charge in [-0.15, -0.1) is 0 Å². The van der Waals surface area contributed by atoms with Crippen molar-refractivity contribution >= 4 is 23.5 Å². The smallest absolute Gasteiger partial charge is 0.317 e. The molecular weight excluding hydrogens is 346 g/mol. The third-order valence-corrected chi connectivity index (χ3v) is 5.09. The molecule has 0 radical (unpaired) electrons. The molecular formula is C19H27N5O3. The molecule has 1 aromatic rings. The Morgan fingerprint density at radius 3 is 2.78 bits per heavy atom. The molecule has 0 aliphatic carbocycles. The lowest BCUT2D eigenvalue weighted by Gasteiger charge is -2.37. The number of piperidine rings is 1. The number of carbonyl (C=O) groups is 3. The van der Waals surface area contributed by atoms with Gasteiger partial charge < -0.3 is 20.4 Å². The van der Waals surface area contributed by atoms with Gasteiger partial charge in [0, 0.05) is 45.5 Å². The summed E-state index contributed by atoms with van der Waals surface area (Å²) < 4.78 is 0. The number of nitrogens with one attached hydrogen (secondary N) is 2. The van der Waals surface area contributed by atoms with Crippen molar-refractivity contribution in [1.82, 2.24) is 20.4 Å². The molecule has 2 saturated heterocycles. The monoisotopic (exact) mass is 373 g/mol. The number of nitrogens with zero attached hydrogens (tertiary/aromatic N) is 3. The number of carbonyl (C=O) groups excluding carboxylic acids is 3. The fourth-order valence-corrected chi connectivity index (χ4v) is 3.55. The zero-order valence-electron chi connectivity index (χ0n) is 15.7. The molecule has 27 heavy (non-hydrogen) atoms. The molecule has 4 amide bonds. The summed E-state index contributed by atoms with van der Waals surface area (Å²) in [5.41, 5.74) is 0.865. The molecule has 2 heterocycles. The van der Waals surface area contributed by atoms with E-state index in [4.69, 9.17) is 0 Å². The Morgan fingerprint density at radius 2 is 2.04 bits per heavy atom. The quantitative estimate of drug-likeness (QED) is 0.775. The van der Waals surface area contributed by atoms with Crippen LogP contribution in [-0.4, -0.2) is 80.0 Å². The Kier molecular flexibility index (Phi) is 6.28. The Balaban J connectivity index is 1.51. The number of para-hydroxylation sites is 1. The second kappa shape index (κ2) is 8.85. The zero-order valence-corrected chi connectivity index (χ0v) is 15.7. The third kappa shape index (κ3) is 4.77. The second-order valence-electron chi connectivity index (χ2n) is 6.95. The number of rotatable bonds is 5. The van der Waals surface area contributed by atoms with Gasteiger partial charge in [-0.3, -0.25) is 14.5 Å². The molecule has 1 aromatic carbocycles. The minimum Gasteiger partial charge on any atom is -0.354 e. The number of amides is 4. The number of benzene rings is 1. The van der Waals surface area contributed by atoms with Gasteiger partial charge in [0.1, 0.15) is 6.04 Å². The van der Waals surface area contributed by atoms with Crippen LogP contribution in [-0.2, 0) is 9.59 Å². The third-order valence-electron chi connectivity index (χ3n) is 5.09. The van der Waals surface area contributed by atoms with Gasteiger partial charge >= 0.3 is 6.03 Å². The van der Waals surface area contributed by atoms with E-state index in [0.29, 0.717) is 39.1 Å². The summed E-state index contributed by atoms with van der Waals surface area (Å²) in [6.07, 6.45) is 1.52. The van der Waals surface area contributed by atoms with E-state index in [1.54, 1.807) is 11.9 Å². The maximum atomic E-state index is 12.9. The van der Waals surface area contributed by atoms with E-state index in [1.165, 1.54) is 4.90 Å². The first-order valence-corrected chi connectivity index (χ1v) is 9.42. The molecule has 2 fully saturated rings. The molecule has 146 valence electrons. The molecule has 0 aromatic heterocycles. The van der Waals surface area contributed by atoms with Gasteiger partial charge in [0.05, 0.1) is 6.54 Å². The minimum absolute atomic E-state index is 0.0125. The van der Waals surface area contributed by atoms with E-state index in [1.807, 2.05) is 35.2 Å². The van der Waals surface area contributed by atoms with E-state index in [9.17, 15) is 14.4 Å². The largest absolute Gasteiger partial charge is 0.354 e. The minimum atomic E-state index is -0.459. The van der Waals surface area contributed by atoms with E-state index in [-0.39, 0.29) is 17.8 Å². The summed E-state index contributed by atoms with van der Waals surface area (Å²) in [6, 6.07) is 8.84. The van der Waals surface area contributed by atoms with Crippen LogP contribution >= 0.6 is 0 Å². The average Bonchev–Trinajstić information content (AvgIpc) is 2.68. The number of likely N-dealkylation sites (N-methyl/N-ethyl adjacent to an activating group) is 1. The highest BCUT2D eigenvalue weighted by Crippen LogP contribution is 2.23. The maximum absolute atomic E-state index is 12.9. The standard InChI is InChI=1S/C19H27N5O3/c1-22(19(27)21-10-13-23-12-9-20-17(25)14-23)16-8-5-11-24(18(16)26)15-6-3-2-4-7-15/h2-4,6-7,16H,5,8-14H2,1H3,(H,20,25)(H,21,27). The van der Waals surface area contributed by atoms with Crippen molar-refractivity contribution in [3.8, 4) is 0 Å². The summed E-state index contributed by atoms with van der Waals surface area (Å²) in [5.74, 6) is -0.0312. The van der Waals surface area contributed by atoms with Crippen LogP contribution < -0.4 is 15.5 Å². The van der Waals surface area contributed by atoms with Gasteiger partial charge in [-0.25, -0.2) is 4.79 Å². The first-order valence-electron chi connectivity index (χ1n) is 9.42. The van der Waals surface area contributed by atoms with Gasteiger partial charge in [-0.1, -0.05) is 18.2 Å². The molecule has 2 aliphatic rings. The Hall–Kier alpha value is -2.61. The fraction of sp³-hybridized carbons (Fsp3) is 0.526. The number of piperazine rings is 1. The average molecular weight is 373 g/mol. The van der Waals surface area contributed by atoms with Gasteiger partial charge in [-0.2, -0.15) is 0 Å². The van der Waals surface area contributed by atoms with E-state index in [0.717, 1.165) is 18.7 Å². The zero-order chi connectivity index (χ0) is 19.2. The first-order chi connectivity index (χ1) is 13.1. The van der Waals surface area contributed by atoms with E-state index in [2.05, 4.69) is 10.6 Å².